The highest BCUT2D eigenvalue weighted by Gasteiger charge is 2.32. The number of rotatable bonds is 19. The lowest BCUT2D eigenvalue weighted by Gasteiger charge is -2.26. The van der Waals surface area contributed by atoms with Gasteiger partial charge < -0.3 is 32.3 Å². The van der Waals surface area contributed by atoms with Gasteiger partial charge in [-0.05, 0) is 55.2 Å². The number of halogens is 2. The lowest BCUT2D eigenvalue weighted by Crippen LogP contribution is -2.57. The Labute approximate surface area is 307 Å². The molecule has 0 aromatic heterocycles. The van der Waals surface area contributed by atoms with Gasteiger partial charge in [-0.3, -0.25) is 24.4 Å². The lowest BCUT2D eigenvalue weighted by atomic mass is 10.0. The zero-order valence-electron chi connectivity index (χ0n) is 28.2. The number of benzene rings is 2. The van der Waals surface area contributed by atoms with E-state index in [1.807, 2.05) is 44.2 Å². The molecule has 2 aromatic rings. The van der Waals surface area contributed by atoms with Gasteiger partial charge in [-0.15, -0.1) is 11.8 Å². The monoisotopic (exact) mass is 745 g/mol. The fraction of sp³-hybridized carbons (Fsp3) is 0.441. The van der Waals surface area contributed by atoms with E-state index in [1.165, 1.54) is 11.8 Å². The van der Waals surface area contributed by atoms with Crippen molar-refractivity contribution >= 4 is 76.3 Å². The van der Waals surface area contributed by atoms with Crippen LogP contribution < -0.4 is 32.3 Å². The molecular weight excluding hydrogens is 701 g/mol. The molecule has 1 heterocycles. The third-order valence-corrected chi connectivity index (χ3v) is 9.16. The van der Waals surface area contributed by atoms with E-state index in [1.54, 1.807) is 18.2 Å². The maximum absolute atomic E-state index is 13.9. The van der Waals surface area contributed by atoms with Gasteiger partial charge >= 0.3 is 6.03 Å². The third kappa shape index (κ3) is 14.0. The first kappa shape index (κ1) is 40.3. The minimum atomic E-state index is -1.05. The molecule has 270 valence electrons. The number of carbonyl (C=O) groups excluding carboxylic acids is 4. The van der Waals surface area contributed by atoms with Crippen molar-refractivity contribution in [2.24, 2.45) is 26.6 Å². The number of nitrogens with two attached hydrogens (primary N) is 1. The van der Waals surface area contributed by atoms with Crippen LogP contribution in [0.3, 0.4) is 0 Å². The van der Waals surface area contributed by atoms with Gasteiger partial charge in [0.15, 0.2) is 5.96 Å². The van der Waals surface area contributed by atoms with Crippen molar-refractivity contribution in [1.29, 1.82) is 0 Å². The smallest absolute Gasteiger partial charge is 0.315 e. The number of urea groups is 1. The summed E-state index contributed by atoms with van der Waals surface area (Å²) in [5.41, 5.74) is 7.35. The first-order valence-electron chi connectivity index (χ1n) is 16.3. The zero-order valence-corrected chi connectivity index (χ0v) is 30.5. The van der Waals surface area contributed by atoms with Gasteiger partial charge in [0, 0.05) is 31.8 Å². The van der Waals surface area contributed by atoms with Crippen LogP contribution in [0.2, 0.25) is 10.0 Å². The predicted molar refractivity (Wildman–Crippen MR) is 202 cm³/mol. The molecule has 0 saturated heterocycles. The van der Waals surface area contributed by atoms with Crippen LogP contribution >= 0.6 is 35.0 Å². The lowest BCUT2D eigenvalue weighted by molar-refractivity contribution is -0.131. The molecule has 0 bridgehead atoms. The van der Waals surface area contributed by atoms with E-state index >= 15 is 0 Å². The minimum absolute atomic E-state index is 0.0370. The first-order valence-corrected chi connectivity index (χ1v) is 18.0. The van der Waals surface area contributed by atoms with Crippen LogP contribution in [0.4, 0.5) is 4.79 Å². The molecule has 0 radical (unpaired) electrons. The molecule has 0 saturated carbocycles. The summed E-state index contributed by atoms with van der Waals surface area (Å²) >= 11 is 13.4. The van der Waals surface area contributed by atoms with E-state index in [2.05, 4.69) is 48.3 Å². The summed E-state index contributed by atoms with van der Waals surface area (Å²) in [5, 5.41) is 15.3. The van der Waals surface area contributed by atoms with E-state index in [4.69, 9.17) is 28.9 Å². The molecule has 13 nitrogen and oxygen atoms in total. The first-order chi connectivity index (χ1) is 24.0. The highest BCUT2D eigenvalue weighted by molar-refractivity contribution is 8.16. The standard InChI is InChI=1S/C34H45Cl2N9O4S/c1-21(2)16-27(45-34(49)41-19-23-11-12-24(35)25(36)17-23)30(47)44-28(18-22-8-5-4-6-9-22)31(48)43-26(29(46)32-39-14-15-50-32)10-7-13-40-33(37)42-20-38-3/h4-6,8-9,11-12,17,21,26-28H,3,7,10,13-16,18-20H2,1-2H3,(H,43,48)(H,44,47)(H3,37,40,42)(H2,41,45,49)/t26-,27-,28-/m0/s1. The maximum atomic E-state index is 13.9. The van der Waals surface area contributed by atoms with Crippen molar-refractivity contribution in [1.82, 2.24) is 26.6 Å². The number of nitrogens with one attached hydrogen (secondary N) is 5. The SMILES string of the molecule is C=NC/N=C(/N)NCCC[C@H](NC(=O)[C@H](Cc1ccccc1)NC(=O)[C@H](CC(C)C)NC(=O)NCc1ccc(Cl)c(Cl)c1)C(=O)C1=NCCS1. The molecule has 4 amide bonds. The number of aliphatic imine (C=N–C) groups is 3. The average molecular weight is 747 g/mol. The molecule has 2 aromatic carbocycles. The molecular formula is C34H45Cl2N9O4S. The number of nitrogens with zero attached hydrogens (tertiary/aromatic N) is 3. The zero-order chi connectivity index (χ0) is 36.5. The number of hydrogen-bond acceptors (Lipinski definition) is 8. The van der Waals surface area contributed by atoms with Gasteiger partial charge in [0.1, 0.15) is 23.8 Å². The van der Waals surface area contributed by atoms with Gasteiger partial charge in [0.05, 0.1) is 16.1 Å². The molecule has 0 fully saturated rings. The molecule has 1 aliphatic rings. The van der Waals surface area contributed by atoms with Crippen LogP contribution in [0, 0.1) is 5.92 Å². The quantitative estimate of drug-likeness (QED) is 0.0721. The van der Waals surface area contributed by atoms with Crippen molar-refractivity contribution in [3.8, 4) is 0 Å². The predicted octanol–water partition coefficient (Wildman–Crippen LogP) is 3.48. The Morgan fingerprint density at radius 3 is 2.32 bits per heavy atom. The summed E-state index contributed by atoms with van der Waals surface area (Å²) in [6.45, 7) is 8.41. The van der Waals surface area contributed by atoms with E-state index in [-0.39, 0.29) is 43.7 Å². The Kier molecular flexibility index (Phi) is 17.1. The fourth-order valence-corrected chi connectivity index (χ4v) is 6.12. The highest BCUT2D eigenvalue weighted by atomic mass is 35.5. The molecule has 0 spiro atoms. The number of amides is 4. The van der Waals surface area contributed by atoms with Gasteiger partial charge in [-0.25, -0.2) is 9.79 Å². The molecule has 1 aliphatic heterocycles. The average Bonchev–Trinajstić information content (AvgIpc) is 3.64. The van der Waals surface area contributed by atoms with Crippen molar-refractivity contribution in [2.75, 3.05) is 25.5 Å². The number of ketones is 1. The van der Waals surface area contributed by atoms with Crippen molar-refractivity contribution < 1.29 is 19.2 Å². The molecule has 50 heavy (non-hydrogen) atoms. The number of guanidine groups is 1. The van der Waals surface area contributed by atoms with Crippen molar-refractivity contribution in [3.05, 3.63) is 69.7 Å². The molecule has 7 N–H and O–H groups in total. The Bertz CT molecular complexity index is 1540. The summed E-state index contributed by atoms with van der Waals surface area (Å²) in [5.74, 6) is -0.450. The van der Waals surface area contributed by atoms with Gasteiger partial charge in [0.2, 0.25) is 17.6 Å². The van der Waals surface area contributed by atoms with Crippen molar-refractivity contribution in [2.45, 2.75) is 64.2 Å². The van der Waals surface area contributed by atoms with Crippen molar-refractivity contribution in [3.63, 3.8) is 0 Å². The van der Waals surface area contributed by atoms with Gasteiger partial charge in [0.25, 0.3) is 0 Å². The van der Waals surface area contributed by atoms with Gasteiger partial charge in [-0.1, -0.05) is 73.4 Å². The number of hydrogen-bond donors (Lipinski definition) is 6. The van der Waals surface area contributed by atoms with Crippen LogP contribution in [-0.2, 0) is 27.3 Å². The normalized spacial score (nSPS) is 14.6. The minimum Gasteiger partial charge on any atom is -0.370 e. The molecule has 16 heteroatoms. The number of thioether (sulfide) groups is 1. The Balaban J connectivity index is 1.75. The van der Waals surface area contributed by atoms with Gasteiger partial charge in [-0.2, -0.15) is 0 Å². The van der Waals surface area contributed by atoms with E-state index in [0.717, 1.165) is 11.1 Å². The third-order valence-electron chi connectivity index (χ3n) is 7.43. The second-order valence-corrected chi connectivity index (χ2v) is 13.8. The summed E-state index contributed by atoms with van der Waals surface area (Å²) in [6, 6.07) is 10.8. The van der Waals surface area contributed by atoms with Crippen LogP contribution in [0.1, 0.15) is 44.2 Å². The largest absolute Gasteiger partial charge is 0.370 e. The van der Waals surface area contributed by atoms with Crippen LogP contribution in [0.5, 0.6) is 0 Å². The Morgan fingerprint density at radius 2 is 1.66 bits per heavy atom. The van der Waals surface area contributed by atoms with E-state index in [9.17, 15) is 19.2 Å². The topological polar surface area (TPSA) is 192 Å². The molecule has 0 unspecified atom stereocenters. The molecule has 0 aliphatic carbocycles. The number of carbonyl (C=O) groups is 4. The molecule has 3 atom stereocenters. The maximum Gasteiger partial charge on any atom is 0.315 e. The second-order valence-electron chi connectivity index (χ2n) is 11.9. The summed E-state index contributed by atoms with van der Waals surface area (Å²) in [6.07, 6.45) is 1.22. The Morgan fingerprint density at radius 1 is 0.940 bits per heavy atom. The summed E-state index contributed by atoms with van der Waals surface area (Å²) in [4.78, 5) is 66.0. The fourth-order valence-electron chi connectivity index (χ4n) is 4.95. The number of Topliss-reactive ketones (excluding diaryl/α,β-unsaturated/α-hetero) is 1. The second kappa shape index (κ2) is 21.2. The Hall–Kier alpha value is -4.14. The van der Waals surface area contributed by atoms with E-state index < -0.39 is 36.0 Å². The highest BCUT2D eigenvalue weighted by Crippen LogP contribution is 2.22. The van der Waals surface area contributed by atoms with Crippen LogP contribution in [0.25, 0.3) is 0 Å². The summed E-state index contributed by atoms with van der Waals surface area (Å²) in [7, 11) is 0. The summed E-state index contributed by atoms with van der Waals surface area (Å²) < 4.78 is 0. The van der Waals surface area contributed by atoms with Crippen LogP contribution in [-0.4, -0.2) is 85.0 Å². The molecule has 3 rings (SSSR count). The van der Waals surface area contributed by atoms with Crippen LogP contribution in [0.15, 0.2) is 63.5 Å². The van der Waals surface area contributed by atoms with E-state index in [0.29, 0.717) is 46.8 Å².